The second-order valence-electron chi connectivity index (χ2n) is 11.0. The Hall–Kier alpha value is -3.82. The van der Waals surface area contributed by atoms with E-state index >= 15 is 0 Å². The number of aryl methyl sites for hydroxylation is 1. The molecule has 0 spiro atoms. The lowest BCUT2D eigenvalue weighted by atomic mass is 9.83. The normalized spacial score (nSPS) is 19.9. The number of methoxy groups -OCH3 is 1. The number of benzene rings is 2. The van der Waals surface area contributed by atoms with Crippen LogP contribution in [0.2, 0.25) is 0 Å². The van der Waals surface area contributed by atoms with Crippen molar-refractivity contribution in [2.24, 2.45) is 18.7 Å². The number of halogens is 1. The first-order valence-corrected chi connectivity index (χ1v) is 13.1. The molecule has 3 heterocycles. The topological polar surface area (TPSA) is 112 Å². The number of nitrogens with two attached hydrogens (primary N) is 1. The van der Waals surface area contributed by atoms with Gasteiger partial charge in [-0.25, -0.2) is 9.37 Å². The summed E-state index contributed by atoms with van der Waals surface area (Å²) in [5.41, 5.74) is 8.02. The standard InChI is InChI=1S/C30H31FN4O4/c1-29(32)16-39-28-22(29)14-25(33-27(28)17-4-8-21(31)9-5-17)30(37,20-6-7-20)11-10-23(36)18-12-19-15-35(2)34-26(19)24(13-18)38-3/h4-5,8-9,12-15,20,37H,6-7,10-11,16,32H2,1-3H3/t29-,30+/m0/s1. The van der Waals surface area contributed by atoms with Gasteiger partial charge in [0.2, 0.25) is 0 Å². The van der Waals surface area contributed by atoms with Crippen LogP contribution in [0.3, 0.4) is 0 Å². The highest BCUT2D eigenvalue weighted by Gasteiger charge is 2.48. The number of Topliss-reactive ketones (excluding diaryl/α,β-unsaturated/α-hetero) is 1. The Balaban J connectivity index is 1.36. The number of carbonyl (C=O) groups is 1. The van der Waals surface area contributed by atoms with Gasteiger partial charge in [-0.3, -0.25) is 9.48 Å². The third-order valence-corrected chi connectivity index (χ3v) is 7.88. The molecule has 1 aliphatic heterocycles. The third kappa shape index (κ3) is 4.45. The number of hydrogen-bond acceptors (Lipinski definition) is 7. The molecule has 2 aromatic carbocycles. The molecule has 3 N–H and O–H groups in total. The fourth-order valence-corrected chi connectivity index (χ4v) is 5.52. The summed E-state index contributed by atoms with van der Waals surface area (Å²) in [6, 6.07) is 11.3. The molecule has 1 saturated carbocycles. The number of rotatable bonds is 8. The molecule has 1 fully saturated rings. The maximum atomic E-state index is 13.7. The van der Waals surface area contributed by atoms with Gasteiger partial charge in [0.1, 0.15) is 35.0 Å². The van der Waals surface area contributed by atoms with Crippen LogP contribution in [0.4, 0.5) is 4.39 Å². The fourth-order valence-electron chi connectivity index (χ4n) is 5.52. The predicted octanol–water partition coefficient (Wildman–Crippen LogP) is 4.61. The molecule has 4 aromatic rings. The Morgan fingerprint density at radius 2 is 2.03 bits per heavy atom. The smallest absolute Gasteiger partial charge is 0.163 e. The predicted molar refractivity (Wildman–Crippen MR) is 144 cm³/mol. The zero-order valence-corrected chi connectivity index (χ0v) is 22.2. The molecule has 9 heteroatoms. The largest absolute Gasteiger partial charge is 0.494 e. The van der Waals surface area contributed by atoms with E-state index in [0.29, 0.717) is 39.5 Å². The summed E-state index contributed by atoms with van der Waals surface area (Å²) in [5.74, 6) is 0.579. The van der Waals surface area contributed by atoms with Crippen molar-refractivity contribution in [1.29, 1.82) is 0 Å². The fraction of sp³-hybridized carbons (Fsp3) is 0.367. The average Bonchev–Trinajstić information content (AvgIpc) is 3.64. The van der Waals surface area contributed by atoms with Crippen LogP contribution >= 0.6 is 0 Å². The quantitative estimate of drug-likeness (QED) is 0.320. The van der Waals surface area contributed by atoms with E-state index < -0.39 is 11.1 Å². The molecule has 202 valence electrons. The van der Waals surface area contributed by atoms with E-state index in [1.54, 1.807) is 36.1 Å². The Morgan fingerprint density at radius 3 is 2.72 bits per heavy atom. The summed E-state index contributed by atoms with van der Waals surface area (Å²) in [6.45, 7) is 2.14. The highest BCUT2D eigenvalue weighted by molar-refractivity contribution is 6.01. The highest BCUT2D eigenvalue weighted by Crippen LogP contribution is 2.51. The minimum atomic E-state index is -1.33. The van der Waals surface area contributed by atoms with Crippen LogP contribution in [-0.2, 0) is 18.2 Å². The molecule has 1 aliphatic carbocycles. The first kappa shape index (κ1) is 25.5. The number of aliphatic hydroxyl groups is 1. The van der Waals surface area contributed by atoms with E-state index in [1.165, 1.54) is 12.1 Å². The molecule has 2 aliphatic rings. The van der Waals surface area contributed by atoms with Gasteiger partial charge in [0.05, 0.1) is 18.3 Å². The Labute approximate surface area is 225 Å². The van der Waals surface area contributed by atoms with Crippen molar-refractivity contribution in [3.05, 3.63) is 71.3 Å². The summed E-state index contributed by atoms with van der Waals surface area (Å²) < 4.78 is 26.8. The van der Waals surface area contributed by atoms with Gasteiger partial charge in [0, 0.05) is 41.7 Å². The van der Waals surface area contributed by atoms with Gasteiger partial charge < -0.3 is 20.3 Å². The number of pyridine rings is 1. The third-order valence-electron chi connectivity index (χ3n) is 7.88. The molecule has 39 heavy (non-hydrogen) atoms. The molecule has 0 unspecified atom stereocenters. The van der Waals surface area contributed by atoms with Gasteiger partial charge in [0.15, 0.2) is 11.5 Å². The van der Waals surface area contributed by atoms with E-state index in [4.69, 9.17) is 20.2 Å². The second-order valence-corrected chi connectivity index (χ2v) is 11.0. The summed E-state index contributed by atoms with van der Waals surface area (Å²) in [7, 11) is 3.37. The van der Waals surface area contributed by atoms with Gasteiger partial charge in [0.25, 0.3) is 0 Å². The summed E-state index contributed by atoms with van der Waals surface area (Å²) in [4.78, 5) is 18.3. The molecule has 0 amide bonds. The Bertz CT molecular complexity index is 1590. The first-order valence-electron chi connectivity index (χ1n) is 13.1. The summed E-state index contributed by atoms with van der Waals surface area (Å²) >= 11 is 0. The first-order chi connectivity index (χ1) is 18.6. The monoisotopic (exact) mass is 530 g/mol. The molecule has 0 radical (unpaired) electrons. The molecule has 0 saturated heterocycles. The lowest BCUT2D eigenvalue weighted by Crippen LogP contribution is -2.35. The van der Waals surface area contributed by atoms with Crippen LogP contribution in [0, 0.1) is 11.7 Å². The zero-order chi connectivity index (χ0) is 27.5. The van der Waals surface area contributed by atoms with Crippen molar-refractivity contribution in [1.82, 2.24) is 14.8 Å². The van der Waals surface area contributed by atoms with Crippen molar-refractivity contribution < 1.29 is 23.8 Å². The lowest BCUT2D eigenvalue weighted by Gasteiger charge is -2.29. The van der Waals surface area contributed by atoms with Crippen molar-refractivity contribution in [2.75, 3.05) is 13.7 Å². The SMILES string of the molecule is COc1cc(C(=O)CC[C@](O)(c2cc3c(c(-c4ccc(F)cc4)n2)OC[C@]3(C)N)C2CC2)cc2cn(C)nc12. The van der Waals surface area contributed by atoms with E-state index in [-0.39, 0.29) is 37.0 Å². The maximum Gasteiger partial charge on any atom is 0.163 e. The molecule has 8 nitrogen and oxygen atoms in total. The van der Waals surface area contributed by atoms with Gasteiger partial charge in [-0.05, 0) is 74.6 Å². The van der Waals surface area contributed by atoms with E-state index in [2.05, 4.69) is 5.10 Å². The molecular formula is C30H31FN4O4. The number of carbonyl (C=O) groups excluding carboxylic acids is 1. The molecular weight excluding hydrogens is 499 g/mol. The van der Waals surface area contributed by atoms with Crippen LogP contribution in [0.25, 0.3) is 22.2 Å². The average molecular weight is 531 g/mol. The molecule has 6 rings (SSSR count). The van der Waals surface area contributed by atoms with E-state index in [9.17, 15) is 14.3 Å². The molecule has 2 aromatic heterocycles. The number of ether oxygens (including phenoxy) is 2. The van der Waals surface area contributed by atoms with Crippen LogP contribution in [0.5, 0.6) is 11.5 Å². The van der Waals surface area contributed by atoms with Gasteiger partial charge in [-0.2, -0.15) is 5.10 Å². The number of hydrogen-bond donors (Lipinski definition) is 2. The maximum absolute atomic E-state index is 13.7. The molecule has 0 bridgehead atoms. The van der Waals surface area contributed by atoms with Gasteiger partial charge >= 0.3 is 0 Å². The van der Waals surface area contributed by atoms with Gasteiger partial charge in [-0.15, -0.1) is 0 Å². The van der Waals surface area contributed by atoms with E-state index in [1.807, 2.05) is 26.2 Å². The van der Waals surface area contributed by atoms with Gasteiger partial charge in [-0.1, -0.05) is 0 Å². The molecule has 2 atom stereocenters. The van der Waals surface area contributed by atoms with Crippen molar-refractivity contribution in [3.8, 4) is 22.8 Å². The Morgan fingerprint density at radius 1 is 1.28 bits per heavy atom. The van der Waals surface area contributed by atoms with Crippen molar-refractivity contribution in [2.45, 2.75) is 43.7 Å². The number of nitrogens with zero attached hydrogens (tertiary/aromatic N) is 3. The number of aromatic nitrogens is 3. The van der Waals surface area contributed by atoms with Crippen molar-refractivity contribution >= 4 is 16.7 Å². The zero-order valence-electron chi connectivity index (χ0n) is 22.2. The van der Waals surface area contributed by atoms with Crippen LogP contribution < -0.4 is 15.2 Å². The number of ketones is 1. The van der Waals surface area contributed by atoms with E-state index in [0.717, 1.165) is 23.8 Å². The lowest BCUT2D eigenvalue weighted by molar-refractivity contribution is -0.00116. The Kier molecular flexibility index (Phi) is 5.96. The second kappa shape index (κ2) is 9.14. The summed E-state index contributed by atoms with van der Waals surface area (Å²) in [6.07, 6.45) is 3.82. The van der Waals surface area contributed by atoms with Crippen LogP contribution in [0.1, 0.15) is 54.2 Å². The number of fused-ring (bicyclic) bond motifs is 2. The minimum Gasteiger partial charge on any atom is -0.494 e. The van der Waals surface area contributed by atoms with Crippen LogP contribution in [0.15, 0.2) is 48.7 Å². The van der Waals surface area contributed by atoms with Crippen molar-refractivity contribution in [3.63, 3.8) is 0 Å². The summed E-state index contributed by atoms with van der Waals surface area (Å²) in [5, 5.41) is 17.3. The van der Waals surface area contributed by atoms with Crippen LogP contribution in [-0.4, -0.2) is 39.4 Å². The highest BCUT2D eigenvalue weighted by atomic mass is 19.1. The minimum absolute atomic E-state index is 0.0291.